The minimum absolute atomic E-state index is 0.666. The molecule has 0 aromatic carbocycles. The largest absolute Gasteiger partial charge is 0.0654 e. The molecule has 1 fully saturated rings. The van der Waals surface area contributed by atoms with E-state index in [4.69, 9.17) is 0 Å². The summed E-state index contributed by atoms with van der Waals surface area (Å²) in [5.41, 5.74) is 0.666. The lowest BCUT2D eigenvalue weighted by Crippen LogP contribution is -2.36. The van der Waals surface area contributed by atoms with Gasteiger partial charge in [-0.25, -0.2) is 0 Å². The van der Waals surface area contributed by atoms with Crippen molar-refractivity contribution in [3.63, 3.8) is 0 Å². The molecule has 0 aromatic heterocycles. The zero-order valence-corrected chi connectivity index (χ0v) is 17.6. The van der Waals surface area contributed by atoms with Crippen LogP contribution in [0, 0.1) is 40.9 Å². The van der Waals surface area contributed by atoms with Gasteiger partial charge in [-0.05, 0) is 66.6 Å². The van der Waals surface area contributed by atoms with E-state index in [0.717, 1.165) is 35.5 Å². The van der Waals surface area contributed by atoms with Crippen molar-refractivity contribution in [2.24, 2.45) is 40.9 Å². The fraction of sp³-hybridized carbons (Fsp3) is 1.00. The van der Waals surface area contributed by atoms with Gasteiger partial charge < -0.3 is 0 Å². The van der Waals surface area contributed by atoms with Gasteiger partial charge in [-0.1, -0.05) is 81.1 Å². The molecule has 138 valence electrons. The van der Waals surface area contributed by atoms with Crippen molar-refractivity contribution in [2.45, 2.75) is 107 Å². The average molecular weight is 323 g/mol. The summed E-state index contributed by atoms with van der Waals surface area (Å²) in [5, 5.41) is 0. The van der Waals surface area contributed by atoms with Gasteiger partial charge in [-0.15, -0.1) is 0 Å². The second-order valence-electron chi connectivity index (χ2n) is 9.67. The van der Waals surface area contributed by atoms with Crippen LogP contribution >= 0.6 is 0 Å². The van der Waals surface area contributed by atoms with Gasteiger partial charge in [0.05, 0.1) is 0 Å². The first kappa shape index (κ1) is 21.0. The van der Waals surface area contributed by atoms with Gasteiger partial charge in [0.25, 0.3) is 0 Å². The number of hydrogen-bond acceptors (Lipinski definition) is 0. The van der Waals surface area contributed by atoms with Gasteiger partial charge >= 0.3 is 0 Å². The third-order valence-corrected chi connectivity index (χ3v) is 7.54. The van der Waals surface area contributed by atoms with Crippen molar-refractivity contribution in [1.29, 1.82) is 0 Å². The van der Waals surface area contributed by atoms with Crippen molar-refractivity contribution in [3.05, 3.63) is 0 Å². The molecule has 6 atom stereocenters. The van der Waals surface area contributed by atoms with Gasteiger partial charge in [0.15, 0.2) is 0 Å². The maximum absolute atomic E-state index is 2.58. The first-order chi connectivity index (χ1) is 10.8. The summed E-state index contributed by atoms with van der Waals surface area (Å²) in [6.07, 6.45) is 11.6. The summed E-state index contributed by atoms with van der Waals surface area (Å²) in [6, 6.07) is 0. The molecular weight excluding hydrogens is 276 g/mol. The summed E-state index contributed by atoms with van der Waals surface area (Å²) in [4.78, 5) is 0. The van der Waals surface area contributed by atoms with Crippen LogP contribution in [0.5, 0.6) is 0 Å². The third-order valence-electron chi connectivity index (χ3n) is 7.54. The van der Waals surface area contributed by atoms with Gasteiger partial charge in [0, 0.05) is 0 Å². The normalized spacial score (nSPS) is 30.9. The number of hydrogen-bond donors (Lipinski definition) is 0. The summed E-state index contributed by atoms with van der Waals surface area (Å²) < 4.78 is 0. The molecule has 0 aliphatic heterocycles. The molecule has 1 aliphatic rings. The minimum atomic E-state index is 0.666. The van der Waals surface area contributed by atoms with Gasteiger partial charge in [-0.3, -0.25) is 0 Å². The fourth-order valence-electron chi connectivity index (χ4n) is 5.66. The highest BCUT2D eigenvalue weighted by Gasteiger charge is 2.39. The first-order valence-corrected chi connectivity index (χ1v) is 10.8. The molecule has 0 amide bonds. The van der Waals surface area contributed by atoms with Crippen LogP contribution in [-0.2, 0) is 0 Å². The van der Waals surface area contributed by atoms with Gasteiger partial charge in [0.1, 0.15) is 0 Å². The predicted molar refractivity (Wildman–Crippen MR) is 106 cm³/mol. The molecule has 0 radical (unpaired) electrons. The molecule has 0 aromatic rings. The van der Waals surface area contributed by atoms with E-state index >= 15 is 0 Å². The van der Waals surface area contributed by atoms with Crippen LogP contribution in [0.4, 0.5) is 0 Å². The second-order valence-corrected chi connectivity index (χ2v) is 9.67. The summed E-state index contributed by atoms with van der Waals surface area (Å²) >= 11 is 0. The summed E-state index contributed by atoms with van der Waals surface area (Å²) in [7, 11) is 0. The molecule has 0 heterocycles. The van der Waals surface area contributed by atoms with Crippen LogP contribution in [0.2, 0.25) is 0 Å². The first-order valence-electron chi connectivity index (χ1n) is 10.8. The predicted octanol–water partition coefficient (Wildman–Crippen LogP) is 7.96. The van der Waals surface area contributed by atoms with Crippen LogP contribution in [0.3, 0.4) is 0 Å². The molecule has 0 nitrogen and oxygen atoms in total. The third kappa shape index (κ3) is 5.79. The van der Waals surface area contributed by atoms with Crippen molar-refractivity contribution >= 4 is 0 Å². The van der Waals surface area contributed by atoms with Crippen LogP contribution in [-0.4, -0.2) is 0 Å². The van der Waals surface area contributed by atoms with Crippen LogP contribution in [0.25, 0.3) is 0 Å². The Hall–Kier alpha value is 0. The van der Waals surface area contributed by atoms with Gasteiger partial charge in [0.2, 0.25) is 0 Å². The highest BCUT2D eigenvalue weighted by atomic mass is 14.4. The topological polar surface area (TPSA) is 0 Å². The number of rotatable bonds is 9. The Morgan fingerprint density at radius 1 is 0.957 bits per heavy atom. The molecular formula is C23H46. The SMILES string of the molecule is CCCC1(CC(C)C)CCCC(C(C)C(C)C(C)C(C)CC)C1. The van der Waals surface area contributed by atoms with Crippen LogP contribution in [0.15, 0.2) is 0 Å². The van der Waals surface area contributed by atoms with E-state index in [9.17, 15) is 0 Å². The maximum atomic E-state index is 2.58. The quantitative estimate of drug-likeness (QED) is 0.404. The lowest BCUT2D eigenvalue weighted by Gasteiger charge is -2.46. The lowest BCUT2D eigenvalue weighted by molar-refractivity contribution is 0.0459. The zero-order valence-electron chi connectivity index (χ0n) is 17.6. The fourth-order valence-corrected chi connectivity index (χ4v) is 5.66. The monoisotopic (exact) mass is 322 g/mol. The van der Waals surface area contributed by atoms with Crippen LogP contribution < -0.4 is 0 Å². The Morgan fingerprint density at radius 2 is 1.61 bits per heavy atom. The van der Waals surface area contributed by atoms with E-state index in [0.29, 0.717) is 5.41 Å². The molecule has 1 aliphatic carbocycles. The molecule has 0 spiro atoms. The second kappa shape index (κ2) is 9.47. The Kier molecular flexibility index (Phi) is 8.67. The van der Waals surface area contributed by atoms with Gasteiger partial charge in [-0.2, -0.15) is 0 Å². The van der Waals surface area contributed by atoms with Crippen LogP contribution in [0.1, 0.15) is 107 Å². The Labute approximate surface area is 148 Å². The molecule has 1 rings (SSSR count). The standard InChI is InChI=1S/C23H46/c1-9-13-23(15-17(3)4)14-11-12-22(16-23)21(8)20(7)19(6)18(5)10-2/h17-22H,9-16H2,1-8H3. The zero-order chi connectivity index (χ0) is 17.6. The Balaban J connectivity index is 2.78. The molecule has 0 bridgehead atoms. The van der Waals surface area contributed by atoms with E-state index in [1.165, 1.54) is 51.4 Å². The van der Waals surface area contributed by atoms with Crippen molar-refractivity contribution in [2.75, 3.05) is 0 Å². The van der Waals surface area contributed by atoms with E-state index in [-0.39, 0.29) is 0 Å². The smallest absolute Gasteiger partial charge is 0.0292 e. The summed E-state index contributed by atoms with van der Waals surface area (Å²) in [6.45, 7) is 19.7. The molecule has 6 unspecified atom stereocenters. The maximum Gasteiger partial charge on any atom is -0.0292 e. The van der Waals surface area contributed by atoms with Crippen molar-refractivity contribution < 1.29 is 0 Å². The van der Waals surface area contributed by atoms with E-state index in [1.54, 1.807) is 0 Å². The average Bonchev–Trinajstić information content (AvgIpc) is 2.51. The van der Waals surface area contributed by atoms with E-state index in [1.807, 2.05) is 0 Å². The highest BCUT2D eigenvalue weighted by Crippen LogP contribution is 2.50. The van der Waals surface area contributed by atoms with Crippen molar-refractivity contribution in [1.82, 2.24) is 0 Å². The summed E-state index contributed by atoms with van der Waals surface area (Å²) in [5.74, 6) is 5.31. The Morgan fingerprint density at radius 3 is 2.13 bits per heavy atom. The molecule has 0 saturated heterocycles. The lowest BCUT2D eigenvalue weighted by atomic mass is 9.59. The van der Waals surface area contributed by atoms with E-state index < -0.39 is 0 Å². The molecule has 1 saturated carbocycles. The van der Waals surface area contributed by atoms with E-state index in [2.05, 4.69) is 55.4 Å². The molecule has 23 heavy (non-hydrogen) atoms. The minimum Gasteiger partial charge on any atom is -0.0654 e. The molecule has 0 heteroatoms. The Bertz CT molecular complexity index is 314. The highest BCUT2D eigenvalue weighted by molar-refractivity contribution is 4.90. The molecule has 0 N–H and O–H groups in total. The van der Waals surface area contributed by atoms with Crippen molar-refractivity contribution in [3.8, 4) is 0 Å².